The molecule has 1 heterocycles. The number of rotatable bonds is 8. The molecule has 0 bridgehead atoms. The van der Waals surface area contributed by atoms with Gasteiger partial charge >= 0.3 is 0 Å². The van der Waals surface area contributed by atoms with Crippen LogP contribution in [0.25, 0.3) is 0 Å². The van der Waals surface area contributed by atoms with Gasteiger partial charge in [0.15, 0.2) is 0 Å². The summed E-state index contributed by atoms with van der Waals surface area (Å²) in [6.07, 6.45) is 5.57. The van der Waals surface area contributed by atoms with Crippen molar-refractivity contribution in [1.82, 2.24) is 15.3 Å². The molecule has 1 aromatic rings. The fraction of sp³-hybridized carbons (Fsp3) is 0.667. The first-order chi connectivity index (χ1) is 10.2. The van der Waals surface area contributed by atoms with E-state index >= 15 is 0 Å². The smallest absolute Gasteiger partial charge is 0.242 e. The van der Waals surface area contributed by atoms with Crippen molar-refractivity contribution in [1.29, 1.82) is 0 Å². The van der Waals surface area contributed by atoms with Gasteiger partial charge in [-0.3, -0.25) is 4.79 Å². The minimum absolute atomic E-state index is 0.0289. The van der Waals surface area contributed by atoms with Gasteiger partial charge in [-0.2, -0.15) is 0 Å². The molecule has 21 heavy (non-hydrogen) atoms. The molecule has 0 radical (unpaired) electrons. The van der Waals surface area contributed by atoms with Crippen LogP contribution in [0.5, 0.6) is 0 Å². The molecule has 1 amide bonds. The number of amides is 1. The summed E-state index contributed by atoms with van der Waals surface area (Å²) < 4.78 is 0. The minimum atomic E-state index is -0.301. The monoisotopic (exact) mass is 291 g/mol. The van der Waals surface area contributed by atoms with E-state index < -0.39 is 0 Å². The maximum Gasteiger partial charge on any atom is 0.242 e. The number of nitrogens with one attached hydrogen (secondary N) is 3. The molecular formula is C15H25N5O. The lowest BCUT2D eigenvalue weighted by Crippen LogP contribution is -2.39. The molecule has 3 N–H and O–H groups in total. The summed E-state index contributed by atoms with van der Waals surface area (Å²) in [7, 11) is 0. The minimum Gasteiger partial charge on any atom is -0.370 e. The topological polar surface area (TPSA) is 78.9 Å². The van der Waals surface area contributed by atoms with Crippen LogP contribution in [0.4, 0.5) is 11.6 Å². The second-order valence-corrected chi connectivity index (χ2v) is 5.48. The Bertz CT molecular complexity index is 487. The maximum absolute atomic E-state index is 12.0. The Hall–Kier alpha value is -1.85. The van der Waals surface area contributed by atoms with E-state index in [0.717, 1.165) is 49.4 Å². The highest BCUT2D eigenvalue weighted by molar-refractivity contribution is 5.84. The summed E-state index contributed by atoms with van der Waals surface area (Å²) in [5.41, 5.74) is 1.03. The molecule has 1 atom stereocenters. The summed E-state index contributed by atoms with van der Waals surface area (Å²) in [5.74, 6) is 1.62. The Balaban J connectivity index is 2.05. The molecule has 1 aliphatic carbocycles. The van der Waals surface area contributed by atoms with Gasteiger partial charge in [-0.05, 0) is 32.6 Å². The van der Waals surface area contributed by atoms with Crippen molar-refractivity contribution in [3.8, 4) is 0 Å². The summed E-state index contributed by atoms with van der Waals surface area (Å²) in [5, 5.41) is 9.52. The molecule has 1 unspecified atom stereocenters. The summed E-state index contributed by atoms with van der Waals surface area (Å²) in [6.45, 7) is 6.92. The Morgan fingerprint density at radius 3 is 2.67 bits per heavy atom. The molecule has 1 fully saturated rings. The van der Waals surface area contributed by atoms with Gasteiger partial charge in [-0.15, -0.1) is 0 Å². The lowest BCUT2D eigenvalue weighted by molar-refractivity contribution is -0.121. The lowest BCUT2D eigenvalue weighted by atomic mass is 10.2. The van der Waals surface area contributed by atoms with Gasteiger partial charge < -0.3 is 16.0 Å². The predicted octanol–water partition coefficient (Wildman–Crippen LogP) is 1.94. The molecule has 1 aromatic heterocycles. The number of aromatic nitrogens is 2. The number of hydrogen-bond acceptors (Lipinski definition) is 5. The Morgan fingerprint density at radius 1 is 1.33 bits per heavy atom. The first-order valence-corrected chi connectivity index (χ1v) is 7.80. The molecule has 6 heteroatoms. The van der Waals surface area contributed by atoms with E-state index in [9.17, 15) is 4.79 Å². The summed E-state index contributed by atoms with van der Waals surface area (Å²) in [6, 6.07) is 0.0735. The molecule has 116 valence electrons. The van der Waals surface area contributed by atoms with Crippen molar-refractivity contribution >= 4 is 17.5 Å². The maximum atomic E-state index is 12.0. The summed E-state index contributed by atoms with van der Waals surface area (Å²) >= 11 is 0. The third kappa shape index (κ3) is 4.31. The number of carbonyl (C=O) groups is 1. The van der Waals surface area contributed by atoms with Crippen LogP contribution in [-0.2, 0) is 11.2 Å². The first kappa shape index (κ1) is 15.5. The zero-order valence-electron chi connectivity index (χ0n) is 13.1. The average Bonchev–Trinajstić information content (AvgIpc) is 3.29. The van der Waals surface area contributed by atoms with Gasteiger partial charge in [0.05, 0.1) is 0 Å². The van der Waals surface area contributed by atoms with Crippen molar-refractivity contribution in [2.75, 3.05) is 17.2 Å². The van der Waals surface area contributed by atoms with Crippen LogP contribution in [-0.4, -0.2) is 34.5 Å². The fourth-order valence-electron chi connectivity index (χ4n) is 2.09. The van der Waals surface area contributed by atoms with Gasteiger partial charge in [0.1, 0.15) is 24.0 Å². The van der Waals surface area contributed by atoms with Gasteiger partial charge in [-0.1, -0.05) is 13.8 Å². The highest BCUT2D eigenvalue weighted by Gasteiger charge is 2.26. The second kappa shape index (κ2) is 7.24. The van der Waals surface area contributed by atoms with Crippen molar-refractivity contribution in [3.05, 3.63) is 11.9 Å². The quantitative estimate of drug-likeness (QED) is 0.682. The van der Waals surface area contributed by atoms with E-state index in [1.807, 2.05) is 6.92 Å². The zero-order valence-corrected chi connectivity index (χ0v) is 13.1. The van der Waals surface area contributed by atoms with Crippen LogP contribution in [0, 0.1) is 0 Å². The molecule has 6 nitrogen and oxygen atoms in total. The standard InChI is InChI=1S/C15H25N5O/c1-4-8-16-13-12(5-2)14(18-9-17-13)19-10(3)15(21)20-11-6-7-11/h9-11H,4-8H2,1-3H3,(H,20,21)(H2,16,17,18,19). The van der Waals surface area contributed by atoms with Gasteiger partial charge in [0, 0.05) is 18.2 Å². The normalized spacial score (nSPS) is 15.4. The van der Waals surface area contributed by atoms with Crippen LogP contribution in [0.15, 0.2) is 6.33 Å². The fourth-order valence-corrected chi connectivity index (χ4v) is 2.09. The van der Waals surface area contributed by atoms with Gasteiger partial charge in [0.25, 0.3) is 0 Å². The van der Waals surface area contributed by atoms with Crippen molar-refractivity contribution in [3.63, 3.8) is 0 Å². The van der Waals surface area contributed by atoms with Crippen molar-refractivity contribution in [2.45, 2.75) is 58.5 Å². The average molecular weight is 291 g/mol. The molecule has 1 aliphatic rings. The molecular weight excluding hydrogens is 266 g/mol. The number of anilines is 2. The SMILES string of the molecule is CCCNc1ncnc(NC(C)C(=O)NC2CC2)c1CC. The van der Waals surface area contributed by atoms with E-state index in [-0.39, 0.29) is 11.9 Å². The van der Waals surface area contributed by atoms with Gasteiger partial charge in [0.2, 0.25) is 5.91 Å². The first-order valence-electron chi connectivity index (χ1n) is 7.80. The van der Waals surface area contributed by atoms with E-state index in [4.69, 9.17) is 0 Å². The third-order valence-corrected chi connectivity index (χ3v) is 3.51. The van der Waals surface area contributed by atoms with Crippen LogP contribution < -0.4 is 16.0 Å². The Kier molecular flexibility index (Phi) is 5.36. The van der Waals surface area contributed by atoms with Crippen LogP contribution >= 0.6 is 0 Å². The zero-order chi connectivity index (χ0) is 15.2. The largest absolute Gasteiger partial charge is 0.370 e. The molecule has 0 spiro atoms. The van der Waals surface area contributed by atoms with Gasteiger partial charge in [-0.25, -0.2) is 9.97 Å². The molecule has 0 aromatic carbocycles. The molecule has 0 aliphatic heterocycles. The number of hydrogen-bond donors (Lipinski definition) is 3. The Labute approximate surface area is 126 Å². The number of nitrogens with zero attached hydrogens (tertiary/aromatic N) is 2. The molecule has 2 rings (SSSR count). The van der Waals surface area contributed by atoms with Crippen LogP contribution in [0.3, 0.4) is 0 Å². The van der Waals surface area contributed by atoms with E-state index in [1.165, 1.54) is 6.33 Å². The molecule has 0 saturated heterocycles. The Morgan fingerprint density at radius 2 is 2.05 bits per heavy atom. The van der Waals surface area contributed by atoms with E-state index in [0.29, 0.717) is 6.04 Å². The summed E-state index contributed by atoms with van der Waals surface area (Å²) in [4.78, 5) is 20.6. The van der Waals surface area contributed by atoms with Crippen molar-refractivity contribution < 1.29 is 4.79 Å². The molecule has 1 saturated carbocycles. The van der Waals surface area contributed by atoms with Crippen LogP contribution in [0.2, 0.25) is 0 Å². The van der Waals surface area contributed by atoms with Crippen molar-refractivity contribution in [2.24, 2.45) is 0 Å². The highest BCUT2D eigenvalue weighted by Crippen LogP contribution is 2.22. The highest BCUT2D eigenvalue weighted by atomic mass is 16.2. The van der Waals surface area contributed by atoms with Crippen LogP contribution in [0.1, 0.15) is 45.6 Å². The third-order valence-electron chi connectivity index (χ3n) is 3.51. The lowest BCUT2D eigenvalue weighted by Gasteiger charge is -2.18. The number of carbonyl (C=O) groups excluding carboxylic acids is 1. The predicted molar refractivity (Wildman–Crippen MR) is 84.4 cm³/mol. The van der Waals surface area contributed by atoms with E-state index in [1.54, 1.807) is 0 Å². The second-order valence-electron chi connectivity index (χ2n) is 5.48. The van der Waals surface area contributed by atoms with E-state index in [2.05, 4.69) is 39.8 Å².